The molecule has 0 aliphatic carbocycles. The Hall–Kier alpha value is -4.31. The van der Waals surface area contributed by atoms with Crippen molar-refractivity contribution in [1.82, 2.24) is 39.2 Å². The molecule has 37 heavy (non-hydrogen) atoms. The highest BCUT2D eigenvalue weighted by Gasteiger charge is 2.12. The summed E-state index contributed by atoms with van der Waals surface area (Å²) in [7, 11) is 1.81. The molecule has 0 saturated carbocycles. The molecule has 1 aliphatic heterocycles. The number of likely N-dealkylation sites (tertiary alicyclic amines) is 1. The fourth-order valence-electron chi connectivity index (χ4n) is 4.60. The molecule has 188 valence electrons. The zero-order valence-corrected chi connectivity index (χ0v) is 20.8. The monoisotopic (exact) mass is 495 g/mol. The second kappa shape index (κ2) is 10.4. The summed E-state index contributed by atoms with van der Waals surface area (Å²) in [4.78, 5) is 17.5. The van der Waals surface area contributed by atoms with E-state index in [1.165, 1.54) is 25.9 Å². The summed E-state index contributed by atoms with van der Waals surface area (Å²) in [6, 6.07) is 14.1. The zero-order chi connectivity index (χ0) is 25.0. The molecule has 1 saturated heterocycles. The number of benzene rings is 1. The second-order valence-electron chi connectivity index (χ2n) is 9.19. The van der Waals surface area contributed by atoms with E-state index in [2.05, 4.69) is 59.6 Å². The number of aryl methyl sites for hydroxylation is 1. The lowest BCUT2D eigenvalue weighted by Crippen LogP contribution is -2.25. The van der Waals surface area contributed by atoms with Crippen LogP contribution in [0.25, 0.3) is 28.3 Å². The molecule has 0 amide bonds. The van der Waals surface area contributed by atoms with Crippen LogP contribution in [0.5, 0.6) is 5.75 Å². The quantitative estimate of drug-likeness (QED) is 0.331. The summed E-state index contributed by atoms with van der Waals surface area (Å²) < 4.78 is 8.00. The third-order valence-electron chi connectivity index (χ3n) is 6.61. The van der Waals surface area contributed by atoms with Gasteiger partial charge in [0.1, 0.15) is 35.8 Å². The Morgan fingerprint density at radius 3 is 2.62 bits per heavy atom. The van der Waals surface area contributed by atoms with Gasteiger partial charge in [0.05, 0.1) is 23.8 Å². The number of rotatable bonds is 9. The van der Waals surface area contributed by atoms with E-state index in [9.17, 15) is 0 Å². The molecule has 6 rings (SSSR count). The summed E-state index contributed by atoms with van der Waals surface area (Å²) >= 11 is 0. The number of hydrogen-bond donors (Lipinski definition) is 1. The molecule has 0 atom stereocenters. The number of fused-ring (bicyclic) bond motifs is 1. The summed E-state index contributed by atoms with van der Waals surface area (Å²) in [5.41, 5.74) is 5.55. The molecule has 1 aromatic carbocycles. The van der Waals surface area contributed by atoms with Crippen LogP contribution in [0.3, 0.4) is 0 Å². The van der Waals surface area contributed by atoms with Crippen molar-refractivity contribution in [1.29, 1.82) is 0 Å². The molecule has 0 bridgehead atoms. The van der Waals surface area contributed by atoms with E-state index in [0.29, 0.717) is 13.2 Å². The van der Waals surface area contributed by atoms with Crippen molar-refractivity contribution in [2.45, 2.75) is 19.4 Å². The first-order valence-electron chi connectivity index (χ1n) is 12.6. The van der Waals surface area contributed by atoms with E-state index in [1.54, 1.807) is 17.3 Å². The van der Waals surface area contributed by atoms with Gasteiger partial charge in [0.2, 0.25) is 0 Å². The average molecular weight is 496 g/mol. The highest BCUT2D eigenvalue weighted by Crippen LogP contribution is 2.23. The van der Waals surface area contributed by atoms with Crippen molar-refractivity contribution in [3.63, 3.8) is 0 Å². The summed E-state index contributed by atoms with van der Waals surface area (Å²) in [5.74, 6) is 1.58. The van der Waals surface area contributed by atoms with E-state index in [4.69, 9.17) is 4.74 Å². The van der Waals surface area contributed by atoms with Crippen molar-refractivity contribution in [2.75, 3.05) is 31.6 Å². The van der Waals surface area contributed by atoms with Gasteiger partial charge in [-0.05, 0) is 37.6 Å². The molecular formula is C27H29N9O. The first-order chi connectivity index (χ1) is 18.2. The Labute approximate surface area is 215 Å². The number of nitrogens with zero attached hydrogens (tertiary/aromatic N) is 8. The van der Waals surface area contributed by atoms with Crippen LogP contribution in [0.15, 0.2) is 67.4 Å². The predicted molar refractivity (Wildman–Crippen MR) is 141 cm³/mol. The summed E-state index contributed by atoms with van der Waals surface area (Å²) in [6.07, 6.45) is 9.74. The topological polar surface area (TPSA) is 98.3 Å². The summed E-state index contributed by atoms with van der Waals surface area (Å²) in [6.45, 7) is 4.65. The van der Waals surface area contributed by atoms with Crippen LogP contribution in [0, 0.1) is 0 Å². The van der Waals surface area contributed by atoms with Gasteiger partial charge in [0.15, 0.2) is 0 Å². The van der Waals surface area contributed by atoms with Crippen LogP contribution in [0.4, 0.5) is 5.82 Å². The third kappa shape index (κ3) is 5.29. The lowest BCUT2D eigenvalue weighted by molar-refractivity contribution is 0.238. The Kier molecular flexibility index (Phi) is 6.47. The number of hydrogen-bond acceptors (Lipinski definition) is 8. The fraction of sp³-hybridized carbons (Fsp3) is 0.296. The minimum Gasteiger partial charge on any atom is -0.492 e. The maximum Gasteiger partial charge on any atom is 0.140 e. The third-order valence-corrected chi connectivity index (χ3v) is 6.61. The number of aromatic nitrogens is 7. The van der Waals surface area contributed by atoms with Gasteiger partial charge in [0.25, 0.3) is 0 Å². The maximum atomic E-state index is 5.98. The van der Waals surface area contributed by atoms with E-state index >= 15 is 0 Å². The van der Waals surface area contributed by atoms with Crippen LogP contribution in [0.1, 0.15) is 18.4 Å². The van der Waals surface area contributed by atoms with Gasteiger partial charge in [-0.15, -0.1) is 0 Å². The first-order valence-corrected chi connectivity index (χ1v) is 12.6. The van der Waals surface area contributed by atoms with Crippen molar-refractivity contribution >= 4 is 11.5 Å². The lowest BCUT2D eigenvalue weighted by atomic mass is 10.1. The Balaban J connectivity index is 1.10. The van der Waals surface area contributed by atoms with E-state index in [0.717, 1.165) is 52.0 Å². The minimum atomic E-state index is 0.641. The standard InChI is InChI=1S/C27H29N9O/c1-34-32-17-24(33-34)21-6-4-20(5-7-21)16-28-26-15-23(30-19-31-26)25-18-29-27-14-22(8-11-36(25)27)37-13-12-35-9-2-3-10-35/h4-8,11,14-15,17-19H,2-3,9-10,12-13,16H2,1H3,(H,28,30,31). The molecule has 0 unspecified atom stereocenters. The minimum absolute atomic E-state index is 0.641. The average Bonchev–Trinajstić information content (AvgIpc) is 3.69. The highest BCUT2D eigenvalue weighted by molar-refractivity contribution is 5.63. The summed E-state index contributed by atoms with van der Waals surface area (Å²) in [5, 5.41) is 11.9. The van der Waals surface area contributed by atoms with Crippen molar-refractivity contribution in [3.05, 3.63) is 72.9 Å². The first kappa shape index (κ1) is 23.1. The lowest BCUT2D eigenvalue weighted by Gasteiger charge is -2.15. The second-order valence-corrected chi connectivity index (χ2v) is 9.19. The number of anilines is 1. The molecule has 10 heteroatoms. The molecule has 1 aliphatic rings. The Morgan fingerprint density at radius 2 is 1.81 bits per heavy atom. The molecule has 5 heterocycles. The van der Waals surface area contributed by atoms with Gasteiger partial charge >= 0.3 is 0 Å². The number of pyridine rings is 1. The molecule has 0 spiro atoms. The van der Waals surface area contributed by atoms with Gasteiger partial charge in [-0.1, -0.05) is 24.3 Å². The van der Waals surface area contributed by atoms with Gasteiger partial charge in [-0.2, -0.15) is 15.0 Å². The van der Waals surface area contributed by atoms with E-state index in [-0.39, 0.29) is 0 Å². The smallest absolute Gasteiger partial charge is 0.140 e. The SMILES string of the molecule is Cn1ncc(-c2ccc(CNc3cc(-c4cnc5cc(OCCN6CCCC6)ccn45)ncn3)cc2)n1. The normalized spacial score (nSPS) is 13.9. The van der Waals surface area contributed by atoms with Crippen LogP contribution >= 0.6 is 0 Å². The van der Waals surface area contributed by atoms with Gasteiger partial charge in [-0.3, -0.25) is 9.30 Å². The van der Waals surface area contributed by atoms with Gasteiger partial charge in [0, 0.05) is 44.0 Å². The van der Waals surface area contributed by atoms with Gasteiger partial charge < -0.3 is 10.1 Å². The molecular weight excluding hydrogens is 466 g/mol. The fourth-order valence-corrected chi connectivity index (χ4v) is 4.60. The molecule has 10 nitrogen and oxygen atoms in total. The molecule has 1 fully saturated rings. The van der Waals surface area contributed by atoms with Crippen molar-refractivity contribution in [2.24, 2.45) is 7.05 Å². The van der Waals surface area contributed by atoms with Crippen molar-refractivity contribution < 1.29 is 4.74 Å². The molecule has 0 radical (unpaired) electrons. The highest BCUT2D eigenvalue weighted by atomic mass is 16.5. The molecule has 1 N–H and O–H groups in total. The number of ether oxygens (including phenoxy) is 1. The molecule has 5 aromatic rings. The maximum absolute atomic E-state index is 5.98. The van der Waals surface area contributed by atoms with Crippen LogP contribution < -0.4 is 10.1 Å². The van der Waals surface area contributed by atoms with Gasteiger partial charge in [-0.25, -0.2) is 15.0 Å². The predicted octanol–water partition coefficient (Wildman–Crippen LogP) is 3.67. The number of nitrogens with one attached hydrogen (secondary N) is 1. The van der Waals surface area contributed by atoms with Crippen molar-refractivity contribution in [3.8, 4) is 28.4 Å². The van der Waals surface area contributed by atoms with E-state index < -0.39 is 0 Å². The van der Waals surface area contributed by atoms with Crippen LogP contribution in [0.2, 0.25) is 0 Å². The van der Waals surface area contributed by atoms with Crippen LogP contribution in [-0.2, 0) is 13.6 Å². The Morgan fingerprint density at radius 1 is 0.946 bits per heavy atom. The molecule has 4 aromatic heterocycles. The number of imidazole rings is 1. The largest absolute Gasteiger partial charge is 0.492 e. The Bertz CT molecular complexity index is 1490. The van der Waals surface area contributed by atoms with E-state index in [1.807, 2.05) is 42.0 Å². The zero-order valence-electron chi connectivity index (χ0n) is 20.8. The van der Waals surface area contributed by atoms with Crippen LogP contribution in [-0.4, -0.2) is 65.5 Å².